The molecule has 0 N–H and O–H groups in total. The number of hydrogen-bond acceptors (Lipinski definition) is 4. The first kappa shape index (κ1) is 31.4. The Morgan fingerprint density at radius 3 is 1.44 bits per heavy atom. The predicted octanol–water partition coefficient (Wildman–Crippen LogP) is 12.7. The van der Waals surface area contributed by atoms with Crippen molar-refractivity contribution in [3.63, 3.8) is 0 Å². The Morgan fingerprint density at radius 1 is 0.278 bits per heavy atom. The van der Waals surface area contributed by atoms with Gasteiger partial charge in [0, 0.05) is 28.5 Å². The Bertz CT molecular complexity index is 2960. The summed E-state index contributed by atoms with van der Waals surface area (Å²) in [4.78, 5) is 20.0. The number of nitrogens with zero attached hydrogens (tertiary/aromatic N) is 4. The molecular formula is C50H32N4. The number of rotatable bonds is 6. The largest absolute Gasteiger partial charge is 0.256 e. The topological polar surface area (TPSA) is 51.6 Å². The molecule has 8 aromatic carbocycles. The molecule has 0 aliphatic rings. The summed E-state index contributed by atoms with van der Waals surface area (Å²) in [5, 5.41) is 7.34. The molecule has 0 fully saturated rings. The molecule has 54 heavy (non-hydrogen) atoms. The first-order valence-corrected chi connectivity index (χ1v) is 18.1. The molecule has 0 amide bonds. The van der Waals surface area contributed by atoms with Crippen LogP contribution in [-0.2, 0) is 0 Å². The zero-order valence-corrected chi connectivity index (χ0v) is 29.3. The standard InChI is InChI=1S/C50H32N4/c1-3-15-33(16-4-1)37-31-44-40-21-8-7-19-38(40)39-20-9-11-23-42(39)47(44)45(32-37)41-22-10-12-24-43(41)50-53-48(35-17-5-2-6-18-35)52-49(54-50)36-28-26-34(27-29-36)46-25-13-14-30-51-46/h1-32H. The summed E-state index contributed by atoms with van der Waals surface area (Å²) in [5.41, 5.74) is 9.24. The maximum Gasteiger partial charge on any atom is 0.164 e. The fourth-order valence-electron chi connectivity index (χ4n) is 7.62. The van der Waals surface area contributed by atoms with Crippen LogP contribution in [0.3, 0.4) is 0 Å². The lowest BCUT2D eigenvalue weighted by molar-refractivity contribution is 1.07. The van der Waals surface area contributed by atoms with Gasteiger partial charge in [0.05, 0.1) is 5.69 Å². The van der Waals surface area contributed by atoms with Gasteiger partial charge in [-0.15, -0.1) is 0 Å². The molecule has 0 unspecified atom stereocenters. The quantitative estimate of drug-likeness (QED) is 0.163. The van der Waals surface area contributed by atoms with Gasteiger partial charge < -0.3 is 0 Å². The summed E-state index contributed by atoms with van der Waals surface area (Å²) < 4.78 is 0. The lowest BCUT2D eigenvalue weighted by atomic mass is 9.85. The van der Waals surface area contributed by atoms with Gasteiger partial charge in [0.15, 0.2) is 17.5 Å². The van der Waals surface area contributed by atoms with E-state index in [1.165, 1.54) is 37.9 Å². The third kappa shape index (κ3) is 5.58. The third-order valence-electron chi connectivity index (χ3n) is 10.2. The number of fused-ring (bicyclic) bond motifs is 6. The van der Waals surface area contributed by atoms with Gasteiger partial charge in [-0.3, -0.25) is 4.98 Å². The SMILES string of the molecule is c1ccc(-c2cc(-c3ccccc3-c3nc(-c4ccccc4)nc(-c4ccc(-c5ccccn5)cc4)n3)c3c4ccccc4c4ccccc4c3c2)cc1. The summed E-state index contributed by atoms with van der Waals surface area (Å²) in [6, 6.07) is 65.8. The van der Waals surface area contributed by atoms with Gasteiger partial charge >= 0.3 is 0 Å². The monoisotopic (exact) mass is 688 g/mol. The highest BCUT2D eigenvalue weighted by Crippen LogP contribution is 2.45. The average Bonchev–Trinajstić information content (AvgIpc) is 3.27. The molecule has 0 bridgehead atoms. The van der Waals surface area contributed by atoms with E-state index in [1.54, 1.807) is 0 Å². The Hall–Kier alpha value is -7.30. The van der Waals surface area contributed by atoms with Crippen LogP contribution in [0.15, 0.2) is 194 Å². The minimum atomic E-state index is 0.612. The predicted molar refractivity (Wildman–Crippen MR) is 223 cm³/mol. The van der Waals surface area contributed by atoms with Crippen molar-refractivity contribution in [2.45, 2.75) is 0 Å². The van der Waals surface area contributed by atoms with Crippen molar-refractivity contribution in [2.75, 3.05) is 0 Å². The summed E-state index contributed by atoms with van der Waals surface area (Å²) in [7, 11) is 0. The fourth-order valence-corrected chi connectivity index (χ4v) is 7.62. The van der Waals surface area contributed by atoms with Crippen molar-refractivity contribution in [2.24, 2.45) is 0 Å². The highest BCUT2D eigenvalue weighted by molar-refractivity contribution is 6.29. The minimum absolute atomic E-state index is 0.612. The maximum atomic E-state index is 5.22. The Labute approximate surface area is 313 Å². The first-order chi connectivity index (χ1) is 26.8. The molecule has 0 radical (unpaired) electrons. The van der Waals surface area contributed by atoms with Crippen LogP contribution in [0.4, 0.5) is 0 Å². The van der Waals surface area contributed by atoms with Gasteiger partial charge in [0.2, 0.25) is 0 Å². The smallest absolute Gasteiger partial charge is 0.164 e. The molecular weight excluding hydrogens is 657 g/mol. The molecule has 10 rings (SSSR count). The van der Waals surface area contributed by atoms with Crippen molar-refractivity contribution >= 4 is 32.3 Å². The van der Waals surface area contributed by atoms with E-state index in [1.807, 2.05) is 54.7 Å². The van der Waals surface area contributed by atoms with Gasteiger partial charge in [0.1, 0.15) is 0 Å². The van der Waals surface area contributed by atoms with Crippen molar-refractivity contribution in [1.29, 1.82) is 0 Å². The molecule has 4 heteroatoms. The van der Waals surface area contributed by atoms with Crippen molar-refractivity contribution in [1.82, 2.24) is 19.9 Å². The number of pyridine rings is 1. The summed E-state index contributed by atoms with van der Waals surface area (Å²) in [6.07, 6.45) is 1.81. The van der Waals surface area contributed by atoms with E-state index in [2.05, 4.69) is 145 Å². The van der Waals surface area contributed by atoms with E-state index in [4.69, 9.17) is 15.0 Å². The van der Waals surface area contributed by atoms with Crippen LogP contribution < -0.4 is 0 Å². The van der Waals surface area contributed by atoms with Crippen LogP contribution in [0.1, 0.15) is 0 Å². The highest BCUT2D eigenvalue weighted by atomic mass is 15.0. The molecule has 2 heterocycles. The van der Waals surface area contributed by atoms with E-state index < -0.39 is 0 Å². The van der Waals surface area contributed by atoms with Crippen LogP contribution in [0.2, 0.25) is 0 Å². The van der Waals surface area contributed by atoms with Gasteiger partial charge in [-0.1, -0.05) is 164 Å². The highest BCUT2D eigenvalue weighted by Gasteiger charge is 2.20. The molecule has 4 nitrogen and oxygen atoms in total. The van der Waals surface area contributed by atoms with Crippen LogP contribution in [0, 0.1) is 0 Å². The van der Waals surface area contributed by atoms with Crippen molar-refractivity contribution in [3.05, 3.63) is 194 Å². The molecule has 2 aromatic heterocycles. The zero-order chi connectivity index (χ0) is 35.8. The Morgan fingerprint density at radius 2 is 0.778 bits per heavy atom. The summed E-state index contributed by atoms with van der Waals surface area (Å²) in [6.45, 7) is 0. The van der Waals surface area contributed by atoms with E-state index in [0.29, 0.717) is 17.5 Å². The Kier molecular flexibility index (Phi) is 7.77. The van der Waals surface area contributed by atoms with Crippen LogP contribution in [0.25, 0.3) is 100.0 Å². The van der Waals surface area contributed by atoms with Crippen molar-refractivity contribution < 1.29 is 0 Å². The molecule has 0 aliphatic carbocycles. The van der Waals surface area contributed by atoms with Gasteiger partial charge in [0.25, 0.3) is 0 Å². The lowest BCUT2D eigenvalue weighted by Gasteiger charge is -2.18. The minimum Gasteiger partial charge on any atom is -0.256 e. The van der Waals surface area contributed by atoms with Crippen molar-refractivity contribution in [3.8, 4) is 67.7 Å². The number of benzene rings is 8. The molecule has 0 atom stereocenters. The Balaban J connectivity index is 1.24. The lowest BCUT2D eigenvalue weighted by Crippen LogP contribution is -2.01. The maximum absolute atomic E-state index is 5.22. The molecule has 0 saturated carbocycles. The van der Waals surface area contributed by atoms with Gasteiger partial charge in [-0.2, -0.15) is 0 Å². The second kappa shape index (κ2) is 13.4. The summed E-state index contributed by atoms with van der Waals surface area (Å²) in [5.74, 6) is 1.85. The van der Waals surface area contributed by atoms with Gasteiger partial charge in [-0.05, 0) is 78.8 Å². The van der Waals surface area contributed by atoms with Crippen LogP contribution in [-0.4, -0.2) is 19.9 Å². The van der Waals surface area contributed by atoms with E-state index >= 15 is 0 Å². The van der Waals surface area contributed by atoms with E-state index in [-0.39, 0.29) is 0 Å². The molecule has 0 spiro atoms. The molecule has 0 aliphatic heterocycles. The zero-order valence-electron chi connectivity index (χ0n) is 29.3. The van der Waals surface area contributed by atoms with E-state index in [0.717, 1.165) is 44.6 Å². The van der Waals surface area contributed by atoms with Gasteiger partial charge in [-0.25, -0.2) is 15.0 Å². The molecule has 0 saturated heterocycles. The second-order valence-electron chi connectivity index (χ2n) is 13.4. The van der Waals surface area contributed by atoms with Crippen LogP contribution in [0.5, 0.6) is 0 Å². The molecule has 10 aromatic rings. The normalized spacial score (nSPS) is 11.3. The first-order valence-electron chi connectivity index (χ1n) is 18.1. The van der Waals surface area contributed by atoms with Crippen LogP contribution >= 0.6 is 0 Å². The summed E-state index contributed by atoms with van der Waals surface area (Å²) >= 11 is 0. The fraction of sp³-hybridized carbons (Fsp3) is 0. The third-order valence-corrected chi connectivity index (χ3v) is 10.2. The number of hydrogen-bond donors (Lipinski definition) is 0. The molecule has 252 valence electrons. The second-order valence-corrected chi connectivity index (χ2v) is 13.4. The average molecular weight is 689 g/mol. The van der Waals surface area contributed by atoms with E-state index in [9.17, 15) is 0 Å². The number of aromatic nitrogens is 4.